The number of aryl methyl sites for hydroxylation is 1. The third-order valence-corrected chi connectivity index (χ3v) is 2.67. The molecule has 0 aliphatic rings. The van der Waals surface area contributed by atoms with Gasteiger partial charge in [-0.15, -0.1) is 0 Å². The van der Waals surface area contributed by atoms with E-state index in [1.54, 1.807) is 25.3 Å². The van der Waals surface area contributed by atoms with Crippen LogP contribution in [0.4, 0.5) is 4.39 Å². The third kappa shape index (κ3) is 4.06. The van der Waals surface area contributed by atoms with Crippen molar-refractivity contribution in [1.29, 1.82) is 0 Å². The summed E-state index contributed by atoms with van der Waals surface area (Å²) in [7, 11) is 0. The minimum atomic E-state index is -0.264. The summed E-state index contributed by atoms with van der Waals surface area (Å²) in [5.41, 5.74) is 1.28. The van der Waals surface area contributed by atoms with Gasteiger partial charge in [0.05, 0.1) is 5.69 Å². The molecule has 0 atom stereocenters. The van der Waals surface area contributed by atoms with E-state index in [1.165, 1.54) is 6.07 Å². The van der Waals surface area contributed by atoms with E-state index in [1.807, 2.05) is 0 Å². The number of rotatable bonds is 4. The van der Waals surface area contributed by atoms with Gasteiger partial charge in [-0.1, -0.05) is 0 Å². The predicted octanol–water partition coefficient (Wildman–Crippen LogP) is 3.80. The molecule has 0 amide bonds. The first-order chi connectivity index (χ1) is 9.33. The molecule has 108 valence electrons. The fourth-order valence-corrected chi connectivity index (χ4v) is 1.55. The molecule has 1 aromatic carbocycles. The SMILES string of the molecule is Cc1cc(Oc2nc(CNC(C)(C)C)co2)ccc1F. The Bertz CT molecular complexity index is 588. The second kappa shape index (κ2) is 5.63. The number of aromatic nitrogens is 1. The summed E-state index contributed by atoms with van der Waals surface area (Å²) in [6.45, 7) is 8.50. The lowest BCUT2D eigenvalue weighted by atomic mass is 10.1. The van der Waals surface area contributed by atoms with Crippen LogP contribution in [0.5, 0.6) is 11.8 Å². The molecule has 0 saturated carbocycles. The van der Waals surface area contributed by atoms with E-state index in [-0.39, 0.29) is 17.4 Å². The van der Waals surface area contributed by atoms with Crippen LogP contribution in [0.25, 0.3) is 0 Å². The van der Waals surface area contributed by atoms with Crippen molar-refractivity contribution in [3.8, 4) is 11.8 Å². The molecular formula is C15H19FN2O2. The lowest BCUT2D eigenvalue weighted by Gasteiger charge is -2.19. The van der Waals surface area contributed by atoms with Gasteiger partial charge in [-0.3, -0.25) is 0 Å². The van der Waals surface area contributed by atoms with Gasteiger partial charge in [0.2, 0.25) is 0 Å². The van der Waals surface area contributed by atoms with Gasteiger partial charge in [-0.25, -0.2) is 4.39 Å². The standard InChI is InChI=1S/C15H19FN2O2/c1-10-7-12(5-6-13(10)16)20-14-18-11(9-19-14)8-17-15(2,3)4/h5-7,9,17H,8H2,1-4H3. The average Bonchev–Trinajstić information content (AvgIpc) is 2.78. The van der Waals surface area contributed by atoms with Crippen molar-refractivity contribution in [2.45, 2.75) is 39.8 Å². The molecule has 2 aromatic rings. The van der Waals surface area contributed by atoms with Gasteiger partial charge in [-0.05, 0) is 51.5 Å². The summed E-state index contributed by atoms with van der Waals surface area (Å²) in [5.74, 6) is 0.237. The topological polar surface area (TPSA) is 47.3 Å². The van der Waals surface area contributed by atoms with Gasteiger partial charge >= 0.3 is 6.08 Å². The van der Waals surface area contributed by atoms with Crippen LogP contribution in [-0.2, 0) is 6.54 Å². The van der Waals surface area contributed by atoms with Crippen LogP contribution in [0.3, 0.4) is 0 Å². The summed E-state index contributed by atoms with van der Waals surface area (Å²) in [6.07, 6.45) is 1.70. The molecule has 20 heavy (non-hydrogen) atoms. The second-order valence-electron chi connectivity index (χ2n) is 5.72. The van der Waals surface area contributed by atoms with Gasteiger partial charge in [0.1, 0.15) is 17.8 Å². The van der Waals surface area contributed by atoms with E-state index in [0.717, 1.165) is 5.69 Å². The Balaban J connectivity index is 2.00. The molecule has 2 rings (SSSR count). The zero-order valence-corrected chi connectivity index (χ0v) is 12.2. The molecular weight excluding hydrogens is 259 g/mol. The maximum absolute atomic E-state index is 13.2. The number of hydrogen-bond donors (Lipinski definition) is 1. The predicted molar refractivity (Wildman–Crippen MR) is 74.3 cm³/mol. The summed E-state index contributed by atoms with van der Waals surface area (Å²) >= 11 is 0. The molecule has 1 aromatic heterocycles. The monoisotopic (exact) mass is 278 g/mol. The van der Waals surface area contributed by atoms with E-state index in [9.17, 15) is 4.39 Å². The van der Waals surface area contributed by atoms with Gasteiger partial charge in [-0.2, -0.15) is 4.98 Å². The fourth-order valence-electron chi connectivity index (χ4n) is 1.55. The van der Waals surface area contributed by atoms with E-state index in [4.69, 9.17) is 9.15 Å². The highest BCUT2D eigenvalue weighted by Crippen LogP contribution is 2.22. The van der Waals surface area contributed by atoms with Crippen LogP contribution in [-0.4, -0.2) is 10.5 Å². The lowest BCUT2D eigenvalue weighted by molar-refractivity contribution is 0.330. The van der Waals surface area contributed by atoms with Crippen LogP contribution in [0, 0.1) is 12.7 Å². The molecule has 0 saturated heterocycles. The zero-order valence-electron chi connectivity index (χ0n) is 12.2. The van der Waals surface area contributed by atoms with Crippen molar-refractivity contribution < 1.29 is 13.5 Å². The summed E-state index contributed by atoms with van der Waals surface area (Å²) in [6, 6.07) is 4.50. The summed E-state index contributed by atoms with van der Waals surface area (Å²) in [5, 5.41) is 3.30. The van der Waals surface area contributed by atoms with Crippen molar-refractivity contribution in [3.63, 3.8) is 0 Å². The Morgan fingerprint density at radius 1 is 1.35 bits per heavy atom. The quantitative estimate of drug-likeness (QED) is 0.924. The van der Waals surface area contributed by atoms with Crippen molar-refractivity contribution in [2.75, 3.05) is 0 Å². The maximum atomic E-state index is 13.2. The van der Waals surface area contributed by atoms with Crippen molar-refractivity contribution in [3.05, 3.63) is 41.5 Å². The molecule has 0 unspecified atom stereocenters. The Kier molecular flexibility index (Phi) is 4.09. The number of hydrogen-bond acceptors (Lipinski definition) is 4. The Hall–Kier alpha value is -1.88. The Morgan fingerprint density at radius 3 is 2.75 bits per heavy atom. The van der Waals surface area contributed by atoms with Crippen LogP contribution < -0.4 is 10.1 Å². The first-order valence-electron chi connectivity index (χ1n) is 6.47. The highest BCUT2D eigenvalue weighted by Gasteiger charge is 2.12. The van der Waals surface area contributed by atoms with Crippen molar-refractivity contribution in [1.82, 2.24) is 10.3 Å². The van der Waals surface area contributed by atoms with Crippen LogP contribution in [0.2, 0.25) is 0 Å². The Labute approximate surface area is 118 Å². The molecule has 1 heterocycles. The molecule has 0 radical (unpaired) electrons. The molecule has 1 N–H and O–H groups in total. The van der Waals surface area contributed by atoms with E-state index < -0.39 is 0 Å². The van der Waals surface area contributed by atoms with E-state index in [2.05, 4.69) is 31.1 Å². The normalized spacial score (nSPS) is 11.7. The van der Waals surface area contributed by atoms with Crippen LogP contribution in [0.15, 0.2) is 28.9 Å². The van der Waals surface area contributed by atoms with Gasteiger partial charge in [0, 0.05) is 12.1 Å². The summed E-state index contributed by atoms with van der Waals surface area (Å²) < 4.78 is 23.8. The molecule has 4 nitrogen and oxygen atoms in total. The van der Waals surface area contributed by atoms with Crippen molar-refractivity contribution >= 4 is 0 Å². The largest absolute Gasteiger partial charge is 0.417 e. The maximum Gasteiger partial charge on any atom is 0.399 e. The van der Waals surface area contributed by atoms with E-state index >= 15 is 0 Å². The third-order valence-electron chi connectivity index (χ3n) is 2.67. The van der Waals surface area contributed by atoms with Crippen molar-refractivity contribution in [2.24, 2.45) is 0 Å². The second-order valence-corrected chi connectivity index (χ2v) is 5.72. The highest BCUT2D eigenvalue weighted by atomic mass is 19.1. The number of oxazole rings is 1. The molecule has 0 fully saturated rings. The minimum Gasteiger partial charge on any atom is -0.417 e. The molecule has 0 bridgehead atoms. The number of halogens is 1. The first kappa shape index (κ1) is 14.5. The first-order valence-corrected chi connectivity index (χ1v) is 6.47. The zero-order chi connectivity index (χ0) is 14.8. The van der Waals surface area contributed by atoms with Gasteiger partial charge in [0.15, 0.2) is 0 Å². The molecule has 5 heteroatoms. The molecule has 0 aliphatic carbocycles. The minimum absolute atomic E-state index is 0.00798. The highest BCUT2D eigenvalue weighted by molar-refractivity contribution is 5.30. The van der Waals surface area contributed by atoms with Gasteiger partial charge in [0.25, 0.3) is 0 Å². The Morgan fingerprint density at radius 2 is 2.10 bits per heavy atom. The number of ether oxygens (including phenoxy) is 1. The molecule has 0 aliphatic heterocycles. The van der Waals surface area contributed by atoms with E-state index in [0.29, 0.717) is 17.9 Å². The number of nitrogens with one attached hydrogen (secondary N) is 1. The number of nitrogens with zero attached hydrogens (tertiary/aromatic N) is 1. The van der Waals surface area contributed by atoms with Gasteiger partial charge < -0.3 is 14.5 Å². The lowest BCUT2D eigenvalue weighted by Crippen LogP contribution is -2.35. The average molecular weight is 278 g/mol. The fraction of sp³-hybridized carbons (Fsp3) is 0.400. The summed E-state index contributed by atoms with van der Waals surface area (Å²) in [4.78, 5) is 4.22. The molecule has 0 spiro atoms. The smallest absolute Gasteiger partial charge is 0.399 e. The van der Waals surface area contributed by atoms with Crippen LogP contribution >= 0.6 is 0 Å². The number of benzene rings is 1. The van der Waals surface area contributed by atoms with Crippen LogP contribution in [0.1, 0.15) is 32.0 Å².